The van der Waals surface area contributed by atoms with Crippen LogP contribution < -0.4 is 10.2 Å². The molecule has 0 saturated carbocycles. The molecule has 10 heteroatoms. The van der Waals surface area contributed by atoms with E-state index in [9.17, 15) is 4.79 Å². The largest absolute Gasteiger partial charge is 0.465 e. The summed E-state index contributed by atoms with van der Waals surface area (Å²) in [5.74, 6) is 2.00. The average molecular weight is 401 g/mol. The quantitative estimate of drug-likeness (QED) is 0.606. The van der Waals surface area contributed by atoms with Gasteiger partial charge in [0.25, 0.3) is 0 Å². The second kappa shape index (κ2) is 8.11. The fraction of sp³-hybridized carbons (Fsp3) is 0.444. The van der Waals surface area contributed by atoms with Gasteiger partial charge in [0.1, 0.15) is 10.6 Å². The third-order valence-electron chi connectivity index (χ3n) is 4.58. The highest BCUT2D eigenvalue weighted by atomic mass is 32.1. The Morgan fingerprint density at radius 1 is 1.32 bits per heavy atom. The molecule has 4 heterocycles. The lowest BCUT2D eigenvalue weighted by Gasteiger charge is -2.34. The van der Waals surface area contributed by atoms with E-state index in [0.717, 1.165) is 53.7 Å². The number of aromatic amines is 1. The van der Waals surface area contributed by atoms with E-state index in [0.29, 0.717) is 19.1 Å². The molecule has 1 aliphatic rings. The maximum absolute atomic E-state index is 11.7. The van der Waals surface area contributed by atoms with Gasteiger partial charge < -0.3 is 15.0 Å². The molecular weight excluding hydrogens is 378 g/mol. The number of nitrogens with one attached hydrogen (secondary N) is 2. The van der Waals surface area contributed by atoms with Gasteiger partial charge in [-0.15, -0.1) is 11.3 Å². The second-order valence-electron chi connectivity index (χ2n) is 6.64. The monoisotopic (exact) mass is 401 g/mol. The first-order valence-corrected chi connectivity index (χ1v) is 10.2. The van der Waals surface area contributed by atoms with Crippen LogP contribution in [0, 0.1) is 6.92 Å². The zero-order valence-electron chi connectivity index (χ0n) is 15.9. The fourth-order valence-corrected chi connectivity index (χ4v) is 3.94. The van der Waals surface area contributed by atoms with E-state index in [-0.39, 0.29) is 5.97 Å². The maximum atomic E-state index is 11.7. The third-order valence-corrected chi connectivity index (χ3v) is 5.39. The lowest BCUT2D eigenvalue weighted by molar-refractivity contribution is -0.144. The van der Waals surface area contributed by atoms with Gasteiger partial charge >= 0.3 is 5.97 Å². The number of hydrogen-bond donors (Lipinski definition) is 2. The van der Waals surface area contributed by atoms with E-state index in [1.165, 1.54) is 0 Å². The van der Waals surface area contributed by atoms with Crippen LogP contribution in [-0.2, 0) is 9.53 Å². The van der Waals surface area contributed by atoms with E-state index in [2.05, 4.69) is 25.3 Å². The van der Waals surface area contributed by atoms with Crippen molar-refractivity contribution < 1.29 is 9.53 Å². The minimum absolute atomic E-state index is 0.173. The van der Waals surface area contributed by atoms with E-state index in [1.807, 2.05) is 31.4 Å². The molecule has 3 aromatic heterocycles. The van der Waals surface area contributed by atoms with E-state index >= 15 is 0 Å². The minimum Gasteiger partial charge on any atom is -0.465 e. The van der Waals surface area contributed by atoms with Gasteiger partial charge in [0.05, 0.1) is 18.5 Å². The number of nitrogens with zero attached hydrogens (tertiary/aromatic N) is 5. The van der Waals surface area contributed by atoms with Crippen molar-refractivity contribution >= 4 is 45.1 Å². The molecule has 0 spiro atoms. The Bertz CT molecular complexity index is 962. The van der Waals surface area contributed by atoms with Crippen molar-refractivity contribution in [3.63, 3.8) is 0 Å². The summed E-state index contributed by atoms with van der Waals surface area (Å²) in [6.45, 7) is 7.59. The fourth-order valence-electron chi connectivity index (χ4n) is 3.18. The van der Waals surface area contributed by atoms with Crippen LogP contribution in [0.15, 0.2) is 17.5 Å². The van der Waals surface area contributed by atoms with Crippen LogP contribution in [0.3, 0.4) is 0 Å². The van der Waals surface area contributed by atoms with Crippen molar-refractivity contribution in [2.75, 3.05) is 49.5 Å². The van der Waals surface area contributed by atoms with Crippen molar-refractivity contribution in [1.82, 2.24) is 25.1 Å². The van der Waals surface area contributed by atoms with E-state index in [1.54, 1.807) is 11.3 Å². The van der Waals surface area contributed by atoms with Gasteiger partial charge in [0.2, 0.25) is 5.95 Å². The van der Waals surface area contributed by atoms with Crippen LogP contribution in [-0.4, -0.2) is 70.4 Å². The minimum atomic E-state index is -0.173. The number of rotatable bonds is 6. The topological polar surface area (TPSA) is 99.3 Å². The molecular formula is C18H23N7O2S. The van der Waals surface area contributed by atoms with Gasteiger partial charge in [0, 0.05) is 37.9 Å². The van der Waals surface area contributed by atoms with E-state index < -0.39 is 0 Å². The summed E-state index contributed by atoms with van der Waals surface area (Å²) in [6.07, 6.45) is 0. The SMILES string of the molecule is CCOC(=O)CN1CCN(c2nc(Nc3cc(C)[nH]n3)c3ccsc3n2)CC1. The normalized spacial score (nSPS) is 15.1. The Labute approximate surface area is 166 Å². The molecule has 4 rings (SSSR count). The van der Waals surface area contributed by atoms with Crippen LogP contribution in [0.1, 0.15) is 12.6 Å². The molecule has 28 heavy (non-hydrogen) atoms. The molecule has 3 aromatic rings. The number of H-pyrrole nitrogens is 1. The summed E-state index contributed by atoms with van der Waals surface area (Å²) in [5.41, 5.74) is 0.982. The summed E-state index contributed by atoms with van der Waals surface area (Å²) in [6, 6.07) is 3.96. The zero-order valence-corrected chi connectivity index (χ0v) is 16.8. The molecule has 1 saturated heterocycles. The molecule has 148 valence electrons. The summed E-state index contributed by atoms with van der Waals surface area (Å²) >= 11 is 1.59. The van der Waals surface area contributed by atoms with Gasteiger partial charge in [-0.3, -0.25) is 14.8 Å². The molecule has 0 aromatic carbocycles. The second-order valence-corrected chi connectivity index (χ2v) is 7.54. The van der Waals surface area contributed by atoms with Gasteiger partial charge in [-0.2, -0.15) is 10.1 Å². The van der Waals surface area contributed by atoms with Gasteiger partial charge in [-0.1, -0.05) is 0 Å². The third kappa shape index (κ3) is 4.07. The number of piperazine rings is 1. The standard InChI is InChI=1S/C18H23N7O2S/c1-3-27-15(26)11-24-5-7-25(8-6-24)18-20-16(13-4-9-28-17(13)21-18)19-14-10-12(2)22-23-14/h4,9-10H,3,5-8,11H2,1-2H3,(H2,19,20,21,22,23). The zero-order chi connectivity index (χ0) is 19.5. The first kappa shape index (κ1) is 18.6. The smallest absolute Gasteiger partial charge is 0.320 e. The Hall–Kier alpha value is -2.72. The van der Waals surface area contributed by atoms with Crippen molar-refractivity contribution in [3.05, 3.63) is 23.2 Å². The van der Waals surface area contributed by atoms with Crippen LogP contribution in [0.2, 0.25) is 0 Å². The number of hydrogen-bond acceptors (Lipinski definition) is 9. The van der Waals surface area contributed by atoms with Crippen molar-refractivity contribution in [2.45, 2.75) is 13.8 Å². The highest BCUT2D eigenvalue weighted by Gasteiger charge is 2.22. The molecule has 2 N–H and O–H groups in total. The number of esters is 1. The number of carbonyl (C=O) groups is 1. The lowest BCUT2D eigenvalue weighted by atomic mass is 10.3. The number of thiophene rings is 1. The Kier molecular flexibility index (Phi) is 5.40. The Balaban J connectivity index is 1.49. The summed E-state index contributed by atoms with van der Waals surface area (Å²) in [5, 5.41) is 13.5. The molecule has 0 amide bonds. The summed E-state index contributed by atoms with van der Waals surface area (Å²) in [4.78, 5) is 26.4. The summed E-state index contributed by atoms with van der Waals surface area (Å²) < 4.78 is 5.04. The first-order chi connectivity index (χ1) is 13.6. The molecule has 0 bridgehead atoms. The van der Waals surface area contributed by atoms with Crippen LogP contribution in [0.5, 0.6) is 0 Å². The van der Waals surface area contributed by atoms with Gasteiger partial charge in [-0.05, 0) is 25.3 Å². The number of ether oxygens (including phenoxy) is 1. The van der Waals surface area contributed by atoms with Crippen LogP contribution in [0.4, 0.5) is 17.6 Å². The average Bonchev–Trinajstić information content (AvgIpc) is 3.31. The highest BCUT2D eigenvalue weighted by molar-refractivity contribution is 7.16. The van der Waals surface area contributed by atoms with Gasteiger partial charge in [0.15, 0.2) is 5.82 Å². The van der Waals surface area contributed by atoms with Crippen LogP contribution in [0.25, 0.3) is 10.2 Å². The number of aromatic nitrogens is 4. The molecule has 0 unspecified atom stereocenters. The van der Waals surface area contributed by atoms with Crippen molar-refractivity contribution in [2.24, 2.45) is 0 Å². The lowest BCUT2D eigenvalue weighted by Crippen LogP contribution is -2.48. The molecule has 0 radical (unpaired) electrons. The van der Waals surface area contributed by atoms with Crippen LogP contribution >= 0.6 is 11.3 Å². The predicted molar refractivity (Wildman–Crippen MR) is 109 cm³/mol. The number of anilines is 3. The van der Waals surface area contributed by atoms with E-state index in [4.69, 9.17) is 14.7 Å². The number of fused-ring (bicyclic) bond motifs is 1. The first-order valence-electron chi connectivity index (χ1n) is 9.29. The van der Waals surface area contributed by atoms with Gasteiger partial charge in [-0.25, -0.2) is 4.98 Å². The number of aryl methyl sites for hydroxylation is 1. The van der Waals surface area contributed by atoms with Crippen molar-refractivity contribution in [3.8, 4) is 0 Å². The summed E-state index contributed by atoms with van der Waals surface area (Å²) in [7, 11) is 0. The number of carbonyl (C=O) groups excluding carboxylic acids is 1. The molecule has 0 atom stereocenters. The Morgan fingerprint density at radius 2 is 2.14 bits per heavy atom. The highest BCUT2D eigenvalue weighted by Crippen LogP contribution is 2.29. The molecule has 1 aliphatic heterocycles. The predicted octanol–water partition coefficient (Wildman–Crippen LogP) is 2.15. The Morgan fingerprint density at radius 3 is 2.86 bits per heavy atom. The maximum Gasteiger partial charge on any atom is 0.320 e. The molecule has 1 fully saturated rings. The van der Waals surface area contributed by atoms with Crippen molar-refractivity contribution in [1.29, 1.82) is 0 Å². The molecule has 0 aliphatic carbocycles. The molecule has 9 nitrogen and oxygen atoms in total.